The van der Waals surface area contributed by atoms with E-state index in [-0.39, 0.29) is 34.4 Å². The highest BCUT2D eigenvalue weighted by molar-refractivity contribution is 6.13. The average Bonchev–Trinajstić information content (AvgIpc) is 2.88. The Morgan fingerprint density at radius 3 is 2.75 bits per heavy atom. The van der Waals surface area contributed by atoms with Crippen LogP contribution in [0.2, 0.25) is 0 Å². The van der Waals surface area contributed by atoms with Crippen LogP contribution in [0.25, 0.3) is 0 Å². The zero-order valence-electron chi connectivity index (χ0n) is 12.3. The van der Waals surface area contributed by atoms with Crippen LogP contribution < -0.4 is 9.47 Å². The molecule has 2 aliphatic heterocycles. The fraction of sp³-hybridized carbons (Fsp3) is 0.0556. The van der Waals surface area contributed by atoms with Crippen LogP contribution in [-0.2, 0) is 6.42 Å². The van der Waals surface area contributed by atoms with Crippen LogP contribution in [0.15, 0.2) is 54.0 Å². The Kier molecular flexibility index (Phi) is 2.99. The summed E-state index contributed by atoms with van der Waals surface area (Å²) < 4.78 is 10.9. The fourth-order valence-corrected chi connectivity index (χ4v) is 2.70. The molecule has 0 aromatic heterocycles. The summed E-state index contributed by atoms with van der Waals surface area (Å²) in [5.74, 6) is -0.457. The van der Waals surface area contributed by atoms with Crippen molar-refractivity contribution in [1.82, 2.24) is 0 Å². The maximum absolute atomic E-state index is 12.3. The Balaban J connectivity index is 1.65. The van der Waals surface area contributed by atoms with E-state index in [1.54, 1.807) is 12.1 Å². The van der Waals surface area contributed by atoms with E-state index in [4.69, 9.17) is 9.47 Å². The van der Waals surface area contributed by atoms with Crippen LogP contribution >= 0.6 is 0 Å². The molecular weight excluding hydrogens is 312 g/mol. The molecule has 0 radical (unpaired) electrons. The summed E-state index contributed by atoms with van der Waals surface area (Å²) >= 11 is 0. The predicted molar refractivity (Wildman–Crippen MR) is 83.3 cm³/mol. The monoisotopic (exact) mass is 324 g/mol. The number of phenolic OH excluding ortho intramolecular Hbond substituents is 3. The third-order valence-electron chi connectivity index (χ3n) is 3.88. The number of hydrogen-bond acceptors (Lipinski definition) is 6. The molecule has 0 atom stereocenters. The molecule has 2 aromatic carbocycles. The van der Waals surface area contributed by atoms with Gasteiger partial charge in [-0.05, 0) is 42.0 Å². The van der Waals surface area contributed by atoms with Gasteiger partial charge in [-0.3, -0.25) is 4.79 Å². The van der Waals surface area contributed by atoms with E-state index in [1.165, 1.54) is 30.5 Å². The van der Waals surface area contributed by atoms with E-state index in [0.717, 1.165) is 5.56 Å². The molecule has 6 nitrogen and oxygen atoms in total. The molecule has 24 heavy (non-hydrogen) atoms. The van der Waals surface area contributed by atoms with E-state index in [2.05, 4.69) is 0 Å². The number of benzene rings is 2. The van der Waals surface area contributed by atoms with Crippen molar-refractivity contribution in [3.05, 3.63) is 65.1 Å². The van der Waals surface area contributed by atoms with Crippen molar-refractivity contribution in [3.63, 3.8) is 0 Å². The number of ketones is 1. The Labute approximate surface area is 136 Å². The molecule has 120 valence electrons. The second-order valence-electron chi connectivity index (χ2n) is 5.53. The molecule has 0 saturated heterocycles. The van der Waals surface area contributed by atoms with Gasteiger partial charge in [0.2, 0.25) is 11.5 Å². The number of ether oxygens (including phenoxy) is 2. The average molecular weight is 324 g/mol. The van der Waals surface area contributed by atoms with Gasteiger partial charge < -0.3 is 24.8 Å². The van der Waals surface area contributed by atoms with E-state index in [9.17, 15) is 20.1 Å². The fourth-order valence-electron chi connectivity index (χ4n) is 2.70. The number of hydrogen-bond donors (Lipinski definition) is 3. The molecule has 0 amide bonds. The van der Waals surface area contributed by atoms with Crippen molar-refractivity contribution >= 4 is 5.78 Å². The van der Waals surface area contributed by atoms with Gasteiger partial charge >= 0.3 is 0 Å². The number of carbonyl (C=O) groups is 1. The SMILES string of the molecule is O=C1/C(=C\C2=COc3ccc(O)cc3C2)Oc2c1ccc(O)c2O. The van der Waals surface area contributed by atoms with Crippen LogP contribution in [0.5, 0.6) is 28.7 Å². The quantitative estimate of drug-likeness (QED) is 0.551. The maximum Gasteiger partial charge on any atom is 0.232 e. The Morgan fingerprint density at radius 1 is 1.08 bits per heavy atom. The minimum absolute atomic E-state index is 0.0318. The molecule has 0 bridgehead atoms. The first-order valence-corrected chi connectivity index (χ1v) is 7.19. The molecule has 2 aromatic rings. The molecule has 0 aliphatic carbocycles. The summed E-state index contributed by atoms with van der Waals surface area (Å²) in [6.45, 7) is 0. The normalized spacial score (nSPS) is 16.9. The lowest BCUT2D eigenvalue weighted by Gasteiger charge is -2.15. The van der Waals surface area contributed by atoms with Crippen LogP contribution in [0.3, 0.4) is 0 Å². The van der Waals surface area contributed by atoms with Crippen LogP contribution in [-0.4, -0.2) is 21.1 Å². The van der Waals surface area contributed by atoms with Crippen LogP contribution in [0.1, 0.15) is 15.9 Å². The topological polar surface area (TPSA) is 96.2 Å². The minimum atomic E-state index is -0.464. The highest BCUT2D eigenvalue weighted by Gasteiger charge is 2.31. The molecule has 4 rings (SSSR count). The number of aromatic hydroxyl groups is 3. The highest BCUT2D eigenvalue weighted by Crippen LogP contribution is 2.44. The van der Waals surface area contributed by atoms with Gasteiger partial charge in [0.25, 0.3) is 0 Å². The van der Waals surface area contributed by atoms with Crippen molar-refractivity contribution in [2.45, 2.75) is 6.42 Å². The zero-order chi connectivity index (χ0) is 16.8. The zero-order valence-corrected chi connectivity index (χ0v) is 12.3. The third kappa shape index (κ3) is 2.16. The van der Waals surface area contributed by atoms with Gasteiger partial charge in [0.1, 0.15) is 11.5 Å². The van der Waals surface area contributed by atoms with Crippen LogP contribution in [0.4, 0.5) is 0 Å². The Bertz CT molecular complexity index is 939. The van der Waals surface area contributed by atoms with Gasteiger partial charge in [-0.1, -0.05) is 0 Å². The summed E-state index contributed by atoms with van der Waals surface area (Å²) in [6, 6.07) is 7.43. The summed E-state index contributed by atoms with van der Waals surface area (Å²) in [5.41, 5.74) is 1.65. The lowest BCUT2D eigenvalue weighted by atomic mass is 10.0. The molecule has 2 heterocycles. The van der Waals surface area contributed by atoms with E-state index >= 15 is 0 Å². The van der Waals surface area contributed by atoms with Crippen molar-refractivity contribution in [2.24, 2.45) is 0 Å². The number of phenols is 3. The van der Waals surface area contributed by atoms with Gasteiger partial charge in [-0.25, -0.2) is 0 Å². The van der Waals surface area contributed by atoms with Crippen molar-refractivity contribution in [1.29, 1.82) is 0 Å². The maximum atomic E-state index is 12.3. The second-order valence-corrected chi connectivity index (χ2v) is 5.53. The van der Waals surface area contributed by atoms with Gasteiger partial charge in [0.15, 0.2) is 17.3 Å². The molecule has 0 unspecified atom stereocenters. The number of allylic oxidation sites excluding steroid dienone is 3. The van der Waals surface area contributed by atoms with E-state index in [1.807, 2.05) is 0 Å². The summed E-state index contributed by atoms with van der Waals surface area (Å²) in [6.07, 6.45) is 3.48. The van der Waals surface area contributed by atoms with Gasteiger partial charge in [-0.15, -0.1) is 0 Å². The molecular formula is C18H12O6. The molecule has 0 spiro atoms. The van der Waals surface area contributed by atoms with Crippen LogP contribution in [0, 0.1) is 0 Å². The molecule has 0 saturated carbocycles. The predicted octanol–water partition coefficient (Wildman–Crippen LogP) is 2.78. The Morgan fingerprint density at radius 2 is 1.92 bits per heavy atom. The first-order chi connectivity index (χ1) is 11.5. The van der Waals surface area contributed by atoms with E-state index < -0.39 is 5.75 Å². The molecule has 3 N–H and O–H groups in total. The number of carbonyl (C=O) groups excluding carboxylic acids is 1. The van der Waals surface area contributed by atoms with Gasteiger partial charge in [0, 0.05) is 12.0 Å². The summed E-state index contributed by atoms with van der Waals surface area (Å²) in [7, 11) is 0. The minimum Gasteiger partial charge on any atom is -0.508 e. The molecule has 6 heteroatoms. The molecule has 2 aliphatic rings. The largest absolute Gasteiger partial charge is 0.508 e. The second kappa shape index (κ2) is 5.06. The van der Waals surface area contributed by atoms with E-state index in [0.29, 0.717) is 17.7 Å². The summed E-state index contributed by atoms with van der Waals surface area (Å²) in [5, 5.41) is 28.9. The first-order valence-electron chi connectivity index (χ1n) is 7.19. The lowest BCUT2D eigenvalue weighted by molar-refractivity contribution is 0.101. The third-order valence-corrected chi connectivity index (χ3v) is 3.88. The first kappa shape index (κ1) is 14.2. The Hall–Kier alpha value is -3.41. The number of rotatable bonds is 1. The van der Waals surface area contributed by atoms with Crippen molar-refractivity contribution < 1.29 is 29.6 Å². The standard InChI is InChI=1S/C18H12O6/c19-11-1-4-14-10(7-11)5-9(8-23-14)6-15-16(21)12-2-3-13(20)17(22)18(12)24-15/h1-4,6-8,19-20,22H,5H2/b15-6+. The van der Waals surface area contributed by atoms with Crippen molar-refractivity contribution in [3.8, 4) is 28.7 Å². The lowest BCUT2D eigenvalue weighted by Crippen LogP contribution is -2.05. The molecule has 0 fully saturated rings. The van der Waals surface area contributed by atoms with Gasteiger partial charge in [0.05, 0.1) is 11.8 Å². The highest BCUT2D eigenvalue weighted by atomic mass is 16.5. The summed E-state index contributed by atoms with van der Waals surface area (Å²) in [4.78, 5) is 12.3. The van der Waals surface area contributed by atoms with Crippen molar-refractivity contribution in [2.75, 3.05) is 0 Å². The number of Topliss-reactive ketones (excluding diaryl/α,β-unsaturated/α-hetero) is 1. The number of fused-ring (bicyclic) bond motifs is 2. The van der Waals surface area contributed by atoms with Gasteiger partial charge in [-0.2, -0.15) is 0 Å². The smallest absolute Gasteiger partial charge is 0.232 e.